The van der Waals surface area contributed by atoms with Gasteiger partial charge in [0.05, 0.1) is 32.9 Å². The molecule has 1 rings (SSSR count). The van der Waals surface area contributed by atoms with Gasteiger partial charge in [0.2, 0.25) is 0 Å². The molecule has 0 saturated carbocycles. The van der Waals surface area contributed by atoms with Crippen molar-refractivity contribution in [2.45, 2.75) is 5.92 Å². The van der Waals surface area contributed by atoms with E-state index in [1.165, 1.54) is 20.3 Å². The number of para-hydroxylation sites is 1. The topological polar surface area (TPSA) is 73.6 Å². The maximum Gasteiger partial charge on any atom is 0.277 e. The molecule has 0 aliphatic rings. The molecule has 0 heterocycles. The zero-order chi connectivity index (χ0) is 14.5. The minimum absolute atomic E-state index is 0.120. The maximum atomic E-state index is 13.0. The van der Waals surface area contributed by atoms with Crippen molar-refractivity contribution in [1.29, 1.82) is 0 Å². The van der Waals surface area contributed by atoms with Crippen LogP contribution >= 0.6 is 0 Å². The third-order valence-corrected chi connectivity index (χ3v) is 2.45. The van der Waals surface area contributed by atoms with Gasteiger partial charge in [-0.3, -0.25) is 4.79 Å². The predicted octanol–water partition coefficient (Wildman–Crippen LogP) is 1.03. The molecule has 0 atom stereocenters. The van der Waals surface area contributed by atoms with Gasteiger partial charge in [-0.1, -0.05) is 6.07 Å². The van der Waals surface area contributed by atoms with Gasteiger partial charge in [-0.15, -0.1) is 0 Å². The molecule has 0 radical (unpaired) electrons. The third kappa shape index (κ3) is 3.78. The fraction of sp³-hybridized carbons (Fsp3) is 0.417. The van der Waals surface area contributed by atoms with E-state index in [-0.39, 0.29) is 11.3 Å². The molecule has 7 heteroatoms. The Balaban J connectivity index is 2.88. The van der Waals surface area contributed by atoms with Crippen molar-refractivity contribution in [3.05, 3.63) is 23.8 Å². The van der Waals surface area contributed by atoms with E-state index < -0.39 is 24.9 Å². The van der Waals surface area contributed by atoms with E-state index in [0.717, 1.165) is 0 Å². The van der Waals surface area contributed by atoms with E-state index in [1.54, 1.807) is 12.1 Å². The summed E-state index contributed by atoms with van der Waals surface area (Å²) in [5, 5.41) is 2.11. The lowest BCUT2D eigenvalue weighted by Crippen LogP contribution is -2.41. The zero-order valence-electron chi connectivity index (χ0n) is 10.7. The molecule has 5 nitrogen and oxygen atoms in total. The van der Waals surface area contributed by atoms with Gasteiger partial charge in [0.15, 0.2) is 11.5 Å². The van der Waals surface area contributed by atoms with Gasteiger partial charge in [0.25, 0.3) is 11.8 Å². The van der Waals surface area contributed by atoms with E-state index >= 15 is 0 Å². The summed E-state index contributed by atoms with van der Waals surface area (Å²) in [6, 6.07) is 4.62. The van der Waals surface area contributed by atoms with Crippen LogP contribution in [0.4, 0.5) is 8.78 Å². The number of methoxy groups -OCH3 is 2. The average molecular weight is 274 g/mol. The summed E-state index contributed by atoms with van der Waals surface area (Å²) in [6.45, 7) is -1.66. The molecular formula is C12H16F2N2O3. The first-order valence-electron chi connectivity index (χ1n) is 5.52. The van der Waals surface area contributed by atoms with Crippen LogP contribution in [0.15, 0.2) is 18.2 Å². The normalized spacial score (nSPS) is 11.0. The summed E-state index contributed by atoms with van der Waals surface area (Å²) in [7, 11) is 2.78. The highest BCUT2D eigenvalue weighted by molar-refractivity contribution is 5.97. The summed E-state index contributed by atoms with van der Waals surface area (Å²) in [5.74, 6) is -3.27. The van der Waals surface area contributed by atoms with Crippen molar-refractivity contribution in [3.63, 3.8) is 0 Å². The number of ether oxygens (including phenoxy) is 2. The van der Waals surface area contributed by atoms with Crippen molar-refractivity contribution in [1.82, 2.24) is 5.32 Å². The van der Waals surface area contributed by atoms with E-state index in [9.17, 15) is 13.6 Å². The van der Waals surface area contributed by atoms with Crippen LogP contribution in [0.25, 0.3) is 0 Å². The molecule has 1 aromatic rings. The van der Waals surface area contributed by atoms with Crippen LogP contribution < -0.4 is 20.5 Å². The van der Waals surface area contributed by atoms with Gasteiger partial charge >= 0.3 is 0 Å². The number of nitrogens with one attached hydrogen (secondary N) is 1. The van der Waals surface area contributed by atoms with Crippen molar-refractivity contribution >= 4 is 5.91 Å². The Bertz CT molecular complexity index is 453. The SMILES string of the molecule is COc1cccc(C(=O)NCC(F)(F)CN)c1OC. The number of halogens is 2. The van der Waals surface area contributed by atoms with Crippen LogP contribution in [-0.4, -0.2) is 39.1 Å². The molecule has 0 aliphatic heterocycles. The molecule has 0 bridgehead atoms. The van der Waals surface area contributed by atoms with Crippen LogP contribution in [0, 0.1) is 0 Å². The quantitative estimate of drug-likeness (QED) is 0.812. The van der Waals surface area contributed by atoms with Crippen LogP contribution in [0.5, 0.6) is 11.5 Å². The van der Waals surface area contributed by atoms with E-state index in [2.05, 4.69) is 5.32 Å². The van der Waals surface area contributed by atoms with E-state index in [0.29, 0.717) is 5.75 Å². The highest BCUT2D eigenvalue weighted by Gasteiger charge is 2.28. The molecule has 19 heavy (non-hydrogen) atoms. The fourth-order valence-electron chi connectivity index (χ4n) is 1.44. The lowest BCUT2D eigenvalue weighted by Gasteiger charge is -2.16. The summed E-state index contributed by atoms with van der Waals surface area (Å²) in [6.07, 6.45) is 0. The Morgan fingerprint density at radius 3 is 2.58 bits per heavy atom. The summed E-state index contributed by atoms with van der Waals surface area (Å²) in [4.78, 5) is 11.8. The van der Waals surface area contributed by atoms with Crippen molar-refractivity contribution in [3.8, 4) is 11.5 Å². The smallest absolute Gasteiger partial charge is 0.277 e. The number of hydrogen-bond acceptors (Lipinski definition) is 4. The second-order valence-corrected chi connectivity index (χ2v) is 3.78. The largest absolute Gasteiger partial charge is 0.493 e. The fourth-order valence-corrected chi connectivity index (χ4v) is 1.44. The number of benzene rings is 1. The first-order valence-corrected chi connectivity index (χ1v) is 5.52. The second-order valence-electron chi connectivity index (χ2n) is 3.78. The standard InChI is InChI=1S/C12H16F2N2O3/c1-18-9-5-3-4-8(10(9)19-2)11(17)16-7-12(13,14)6-15/h3-5H,6-7,15H2,1-2H3,(H,16,17). The highest BCUT2D eigenvalue weighted by atomic mass is 19.3. The minimum Gasteiger partial charge on any atom is -0.493 e. The second kappa shape index (κ2) is 6.33. The number of carbonyl (C=O) groups is 1. The Morgan fingerprint density at radius 2 is 2.05 bits per heavy atom. The minimum atomic E-state index is -3.14. The first-order chi connectivity index (χ1) is 8.95. The first kappa shape index (κ1) is 15.2. The van der Waals surface area contributed by atoms with Gasteiger partial charge in [0.1, 0.15) is 0 Å². The van der Waals surface area contributed by atoms with Gasteiger partial charge in [-0.2, -0.15) is 0 Å². The molecule has 0 aromatic heterocycles. The van der Waals surface area contributed by atoms with Crippen LogP contribution in [0.3, 0.4) is 0 Å². The Morgan fingerprint density at radius 1 is 1.37 bits per heavy atom. The number of alkyl halides is 2. The molecule has 106 valence electrons. The van der Waals surface area contributed by atoms with Crippen LogP contribution in [0.1, 0.15) is 10.4 Å². The molecule has 3 N–H and O–H groups in total. The summed E-state index contributed by atoms with van der Waals surface area (Å²) < 4.78 is 36.0. The highest BCUT2D eigenvalue weighted by Crippen LogP contribution is 2.30. The van der Waals surface area contributed by atoms with Crippen molar-refractivity contribution in [2.24, 2.45) is 5.73 Å². The van der Waals surface area contributed by atoms with E-state index in [4.69, 9.17) is 15.2 Å². The van der Waals surface area contributed by atoms with E-state index in [1.807, 2.05) is 0 Å². The molecule has 0 aliphatic carbocycles. The molecule has 0 saturated heterocycles. The van der Waals surface area contributed by atoms with Gasteiger partial charge in [-0.05, 0) is 12.1 Å². The molecular weight excluding hydrogens is 258 g/mol. The van der Waals surface area contributed by atoms with Crippen LogP contribution in [-0.2, 0) is 0 Å². The zero-order valence-corrected chi connectivity index (χ0v) is 10.7. The predicted molar refractivity (Wildman–Crippen MR) is 65.9 cm³/mol. The molecule has 0 spiro atoms. The van der Waals surface area contributed by atoms with Crippen molar-refractivity contribution < 1.29 is 23.0 Å². The van der Waals surface area contributed by atoms with Crippen molar-refractivity contribution in [2.75, 3.05) is 27.3 Å². The van der Waals surface area contributed by atoms with Crippen LogP contribution in [0.2, 0.25) is 0 Å². The van der Waals surface area contributed by atoms with Gasteiger partial charge in [0, 0.05) is 0 Å². The number of nitrogens with two attached hydrogens (primary N) is 1. The number of hydrogen-bond donors (Lipinski definition) is 2. The average Bonchev–Trinajstić information content (AvgIpc) is 2.43. The van der Waals surface area contributed by atoms with Gasteiger partial charge < -0.3 is 20.5 Å². The molecule has 0 unspecified atom stereocenters. The number of carbonyl (C=O) groups excluding carboxylic acids is 1. The summed E-state index contributed by atoms with van der Waals surface area (Å²) in [5.41, 5.74) is 5.01. The molecule has 0 fully saturated rings. The maximum absolute atomic E-state index is 13.0. The number of rotatable bonds is 6. The third-order valence-electron chi connectivity index (χ3n) is 2.45. The summed E-state index contributed by atoms with van der Waals surface area (Å²) >= 11 is 0. The molecule has 1 amide bonds. The lowest BCUT2D eigenvalue weighted by atomic mass is 10.1. The number of amides is 1. The monoisotopic (exact) mass is 274 g/mol. The Hall–Kier alpha value is -1.89. The Labute approximate surface area is 109 Å². The molecule has 1 aromatic carbocycles. The van der Waals surface area contributed by atoms with Gasteiger partial charge in [-0.25, -0.2) is 8.78 Å². The lowest BCUT2D eigenvalue weighted by molar-refractivity contribution is 0.0118. The Kier molecular flexibility index (Phi) is 5.05.